The van der Waals surface area contributed by atoms with Crippen LogP contribution in [0.1, 0.15) is 22.7 Å². The monoisotopic (exact) mass is 366 g/mol. The van der Waals surface area contributed by atoms with Crippen LogP contribution < -0.4 is 9.47 Å². The number of rotatable bonds is 5. The summed E-state index contributed by atoms with van der Waals surface area (Å²) >= 11 is 0. The van der Waals surface area contributed by atoms with E-state index in [4.69, 9.17) is 14.7 Å². The molecule has 1 N–H and O–H groups in total. The first-order valence-corrected chi connectivity index (χ1v) is 8.36. The Morgan fingerprint density at radius 1 is 1.26 bits per heavy atom. The van der Waals surface area contributed by atoms with Crippen LogP contribution in [0, 0.1) is 11.3 Å². The van der Waals surface area contributed by atoms with Gasteiger partial charge in [0.25, 0.3) is 5.91 Å². The molecule has 0 saturated carbocycles. The summed E-state index contributed by atoms with van der Waals surface area (Å²) in [5, 5.41) is 18.6. The minimum atomic E-state index is -1.08. The summed E-state index contributed by atoms with van der Waals surface area (Å²) in [7, 11) is 1.44. The van der Waals surface area contributed by atoms with Gasteiger partial charge in [-0.2, -0.15) is 5.26 Å². The fourth-order valence-electron chi connectivity index (χ4n) is 3.18. The number of nitriles is 1. The second-order valence-corrected chi connectivity index (χ2v) is 6.04. The minimum Gasteiger partial charge on any atom is -0.493 e. The number of ether oxygens (including phenoxy) is 2. The topological polar surface area (TPSA) is 99.9 Å². The number of carboxylic acids is 1. The van der Waals surface area contributed by atoms with Crippen LogP contribution in [0.2, 0.25) is 0 Å². The van der Waals surface area contributed by atoms with E-state index in [0.29, 0.717) is 35.6 Å². The summed E-state index contributed by atoms with van der Waals surface area (Å²) in [6, 6.07) is 12.8. The molecular formula is C20H18N2O5. The molecule has 1 aliphatic heterocycles. The maximum atomic E-state index is 12.7. The Bertz CT molecular complexity index is 919. The summed E-state index contributed by atoms with van der Waals surface area (Å²) in [6.45, 7) is -0.0190. The highest BCUT2D eigenvalue weighted by atomic mass is 16.5. The lowest BCUT2D eigenvalue weighted by atomic mass is 9.92. The van der Waals surface area contributed by atoms with Crippen molar-refractivity contribution >= 4 is 11.9 Å². The molecule has 3 rings (SSSR count). The first-order chi connectivity index (χ1) is 13.0. The molecule has 1 unspecified atom stereocenters. The maximum Gasteiger partial charge on any atom is 0.331 e. The lowest BCUT2D eigenvalue weighted by Crippen LogP contribution is -2.45. The SMILES string of the molecule is COc1cc(C#N)ccc1OCC(=O)N1CCc2ccccc2C1C(=O)O. The Kier molecular flexibility index (Phi) is 5.27. The quantitative estimate of drug-likeness (QED) is 0.870. The van der Waals surface area contributed by atoms with Crippen molar-refractivity contribution in [3.63, 3.8) is 0 Å². The van der Waals surface area contributed by atoms with Crippen molar-refractivity contribution in [3.8, 4) is 17.6 Å². The molecule has 2 aromatic carbocycles. The van der Waals surface area contributed by atoms with Crippen molar-refractivity contribution in [3.05, 3.63) is 59.2 Å². The third-order valence-corrected chi connectivity index (χ3v) is 4.48. The standard InChI is InChI=1S/C20H18N2O5/c1-26-17-10-13(11-21)6-7-16(17)27-12-18(23)22-9-8-14-4-2-3-5-15(14)19(22)20(24)25/h2-7,10,19H,8-9,12H2,1H3,(H,24,25). The summed E-state index contributed by atoms with van der Waals surface area (Å²) in [5.74, 6) is -0.857. The minimum absolute atomic E-state index is 0.306. The van der Waals surface area contributed by atoms with E-state index in [2.05, 4.69) is 0 Å². The van der Waals surface area contributed by atoms with Crippen LogP contribution in [-0.2, 0) is 16.0 Å². The van der Waals surface area contributed by atoms with Gasteiger partial charge in [0.15, 0.2) is 24.1 Å². The molecule has 138 valence electrons. The van der Waals surface area contributed by atoms with E-state index in [1.807, 2.05) is 18.2 Å². The molecule has 0 saturated heterocycles. The summed E-state index contributed by atoms with van der Waals surface area (Å²) in [4.78, 5) is 25.8. The first kappa shape index (κ1) is 18.3. The van der Waals surface area contributed by atoms with Crippen molar-refractivity contribution in [1.29, 1.82) is 5.26 Å². The van der Waals surface area contributed by atoms with Crippen molar-refractivity contribution in [2.24, 2.45) is 0 Å². The number of hydrogen-bond acceptors (Lipinski definition) is 5. The molecule has 1 aliphatic rings. The molecule has 1 heterocycles. The number of amides is 1. The van der Waals surface area contributed by atoms with Crippen LogP contribution >= 0.6 is 0 Å². The lowest BCUT2D eigenvalue weighted by molar-refractivity contribution is -0.152. The highest BCUT2D eigenvalue weighted by Gasteiger charge is 2.35. The van der Waals surface area contributed by atoms with Crippen molar-refractivity contribution in [2.75, 3.05) is 20.3 Å². The lowest BCUT2D eigenvalue weighted by Gasteiger charge is -2.34. The van der Waals surface area contributed by atoms with E-state index in [1.165, 1.54) is 18.1 Å². The molecule has 0 radical (unpaired) electrons. The van der Waals surface area contributed by atoms with E-state index in [9.17, 15) is 14.7 Å². The molecule has 0 bridgehead atoms. The van der Waals surface area contributed by atoms with Crippen molar-refractivity contribution in [2.45, 2.75) is 12.5 Å². The van der Waals surface area contributed by atoms with Crippen LogP contribution in [0.4, 0.5) is 0 Å². The van der Waals surface area contributed by atoms with Gasteiger partial charge in [0, 0.05) is 12.6 Å². The molecule has 1 amide bonds. The van der Waals surface area contributed by atoms with Gasteiger partial charge in [-0.3, -0.25) is 4.79 Å². The Morgan fingerprint density at radius 2 is 2.04 bits per heavy atom. The van der Waals surface area contributed by atoms with Gasteiger partial charge in [-0.05, 0) is 29.7 Å². The fourth-order valence-corrected chi connectivity index (χ4v) is 3.18. The molecule has 7 nitrogen and oxygen atoms in total. The summed E-state index contributed by atoms with van der Waals surface area (Å²) < 4.78 is 10.7. The van der Waals surface area contributed by atoms with Gasteiger partial charge in [-0.15, -0.1) is 0 Å². The Hall–Kier alpha value is -3.53. The molecule has 27 heavy (non-hydrogen) atoms. The summed E-state index contributed by atoms with van der Waals surface area (Å²) in [5.41, 5.74) is 1.97. The van der Waals surface area contributed by atoms with Crippen LogP contribution in [-0.4, -0.2) is 42.1 Å². The zero-order valence-electron chi connectivity index (χ0n) is 14.7. The van der Waals surface area contributed by atoms with E-state index >= 15 is 0 Å². The fraction of sp³-hybridized carbons (Fsp3) is 0.250. The molecular weight excluding hydrogens is 348 g/mol. The molecule has 0 fully saturated rings. The highest BCUT2D eigenvalue weighted by molar-refractivity contribution is 5.86. The molecule has 2 aromatic rings. The van der Waals surface area contributed by atoms with Gasteiger partial charge >= 0.3 is 5.97 Å². The Morgan fingerprint density at radius 3 is 2.74 bits per heavy atom. The predicted octanol–water partition coefficient (Wildman–Crippen LogP) is 2.16. The second kappa shape index (κ2) is 7.79. The maximum absolute atomic E-state index is 12.7. The van der Waals surface area contributed by atoms with E-state index in [-0.39, 0.29) is 6.61 Å². The van der Waals surface area contributed by atoms with Gasteiger partial charge in [-0.25, -0.2) is 4.79 Å². The Labute approximate surface area is 156 Å². The molecule has 0 spiro atoms. The zero-order valence-corrected chi connectivity index (χ0v) is 14.7. The highest BCUT2D eigenvalue weighted by Crippen LogP contribution is 2.31. The Balaban J connectivity index is 1.77. The van der Waals surface area contributed by atoms with Gasteiger partial charge in [0.05, 0.1) is 18.7 Å². The predicted molar refractivity (Wildman–Crippen MR) is 95.4 cm³/mol. The van der Waals surface area contributed by atoms with E-state index < -0.39 is 17.9 Å². The van der Waals surface area contributed by atoms with Crippen LogP contribution in [0.25, 0.3) is 0 Å². The van der Waals surface area contributed by atoms with Crippen LogP contribution in [0.5, 0.6) is 11.5 Å². The van der Waals surface area contributed by atoms with Gasteiger partial charge in [0.1, 0.15) is 0 Å². The smallest absolute Gasteiger partial charge is 0.331 e. The van der Waals surface area contributed by atoms with Crippen molar-refractivity contribution in [1.82, 2.24) is 4.90 Å². The van der Waals surface area contributed by atoms with Gasteiger partial charge in [0.2, 0.25) is 0 Å². The number of benzene rings is 2. The molecule has 7 heteroatoms. The largest absolute Gasteiger partial charge is 0.493 e. The van der Waals surface area contributed by atoms with E-state index in [0.717, 1.165) is 5.56 Å². The third-order valence-electron chi connectivity index (χ3n) is 4.48. The molecule has 0 aromatic heterocycles. The number of fused-ring (bicyclic) bond motifs is 1. The van der Waals surface area contributed by atoms with Gasteiger partial charge < -0.3 is 19.5 Å². The molecule has 1 atom stereocenters. The second-order valence-electron chi connectivity index (χ2n) is 6.04. The number of nitrogens with zero attached hydrogens (tertiary/aromatic N) is 2. The van der Waals surface area contributed by atoms with E-state index in [1.54, 1.807) is 24.3 Å². The third kappa shape index (κ3) is 3.70. The van der Waals surface area contributed by atoms with Crippen LogP contribution in [0.3, 0.4) is 0 Å². The number of carboxylic acid groups (broad SMARTS) is 1. The van der Waals surface area contributed by atoms with Crippen molar-refractivity contribution < 1.29 is 24.2 Å². The molecule has 0 aliphatic carbocycles. The number of carbonyl (C=O) groups is 2. The average molecular weight is 366 g/mol. The van der Waals surface area contributed by atoms with Crippen LogP contribution in [0.15, 0.2) is 42.5 Å². The number of carbonyl (C=O) groups excluding carboxylic acids is 1. The summed E-state index contributed by atoms with van der Waals surface area (Å²) in [6.07, 6.45) is 0.589. The number of aliphatic carboxylic acids is 1. The number of hydrogen-bond donors (Lipinski definition) is 1. The average Bonchev–Trinajstić information content (AvgIpc) is 2.70. The number of methoxy groups -OCH3 is 1. The first-order valence-electron chi connectivity index (χ1n) is 8.36. The zero-order chi connectivity index (χ0) is 19.4. The normalized spacial score (nSPS) is 15.4. The van der Waals surface area contributed by atoms with Gasteiger partial charge in [-0.1, -0.05) is 24.3 Å².